The van der Waals surface area contributed by atoms with E-state index in [1.165, 1.54) is 35.4 Å². The number of ether oxygens (including phenoxy) is 1. The number of carbonyl (C=O) groups excluding carboxylic acids is 1. The zero-order valence-corrected chi connectivity index (χ0v) is 20.7. The summed E-state index contributed by atoms with van der Waals surface area (Å²) in [6, 6.07) is 9.92. The number of carbonyl (C=O) groups is 1. The van der Waals surface area contributed by atoms with Crippen molar-refractivity contribution >= 4 is 12.1 Å². The highest BCUT2D eigenvalue weighted by atomic mass is 19.4. The number of fused-ring (bicyclic) bond motifs is 1. The second kappa shape index (κ2) is 8.94. The Bertz CT molecular complexity index is 1340. The molecule has 3 atom stereocenters. The van der Waals surface area contributed by atoms with Crippen LogP contribution >= 0.6 is 0 Å². The minimum Gasteiger partial charge on any atom is -0.370 e. The quantitative estimate of drug-likeness (QED) is 0.445. The molecule has 2 aliphatic carbocycles. The van der Waals surface area contributed by atoms with Gasteiger partial charge in [0.1, 0.15) is 5.82 Å². The summed E-state index contributed by atoms with van der Waals surface area (Å²) in [7, 11) is 0. The Hall–Kier alpha value is -3.26. The lowest BCUT2D eigenvalue weighted by Crippen LogP contribution is -2.44. The smallest absolute Gasteiger partial charge is 0.370 e. The third-order valence-electron chi connectivity index (χ3n) is 8.38. The van der Waals surface area contributed by atoms with E-state index >= 15 is 0 Å². The number of primary amides is 1. The van der Waals surface area contributed by atoms with Gasteiger partial charge in [0.25, 0.3) is 0 Å². The van der Waals surface area contributed by atoms with Gasteiger partial charge in [-0.3, -0.25) is 9.79 Å². The molecular formula is C29H28F4N2O2. The number of alkyl halides is 3. The van der Waals surface area contributed by atoms with Gasteiger partial charge in [-0.25, -0.2) is 4.39 Å². The third kappa shape index (κ3) is 4.41. The van der Waals surface area contributed by atoms with Crippen LogP contribution in [-0.4, -0.2) is 17.7 Å². The zero-order chi connectivity index (χ0) is 26.6. The largest absolute Gasteiger partial charge is 0.417 e. The fraction of sp³-hybridized carbons (Fsp3) is 0.379. The van der Waals surface area contributed by atoms with Crippen molar-refractivity contribution in [3.63, 3.8) is 0 Å². The molecule has 0 saturated heterocycles. The SMILES string of the molecule is CC1(OCc2cccc(C(F)(F)F)c2C(N)=O)CCC2=CC3=C(C=NC(c4ccc(F)cc4)C3)CC21C. The normalized spacial score (nSPS) is 27.1. The van der Waals surface area contributed by atoms with E-state index in [-0.39, 0.29) is 29.4 Å². The molecule has 8 heteroatoms. The molecule has 194 valence electrons. The number of allylic oxidation sites excluding steroid dienone is 2. The number of rotatable bonds is 5. The van der Waals surface area contributed by atoms with Gasteiger partial charge in [0.05, 0.1) is 29.4 Å². The number of hydrogen-bond acceptors (Lipinski definition) is 3. The Balaban J connectivity index is 1.37. The molecule has 37 heavy (non-hydrogen) atoms. The van der Waals surface area contributed by atoms with Crippen LogP contribution in [0.25, 0.3) is 0 Å². The number of halogens is 4. The molecule has 1 heterocycles. The molecule has 1 saturated carbocycles. The van der Waals surface area contributed by atoms with Crippen LogP contribution in [0.1, 0.15) is 72.6 Å². The fourth-order valence-corrected chi connectivity index (χ4v) is 5.96. The van der Waals surface area contributed by atoms with E-state index in [9.17, 15) is 22.4 Å². The van der Waals surface area contributed by atoms with E-state index in [0.29, 0.717) is 12.8 Å². The van der Waals surface area contributed by atoms with E-state index in [2.05, 4.69) is 13.0 Å². The van der Waals surface area contributed by atoms with Crippen molar-refractivity contribution < 1.29 is 27.1 Å². The average Bonchev–Trinajstić information content (AvgIpc) is 3.10. The molecular weight excluding hydrogens is 484 g/mol. The van der Waals surface area contributed by atoms with Gasteiger partial charge in [0.15, 0.2) is 0 Å². The van der Waals surface area contributed by atoms with Crippen molar-refractivity contribution in [2.45, 2.75) is 64.0 Å². The van der Waals surface area contributed by atoms with Crippen molar-refractivity contribution in [3.05, 3.63) is 93.3 Å². The van der Waals surface area contributed by atoms with Crippen molar-refractivity contribution in [2.24, 2.45) is 16.1 Å². The Morgan fingerprint density at radius 2 is 1.86 bits per heavy atom. The first-order valence-corrected chi connectivity index (χ1v) is 12.3. The molecule has 1 fully saturated rings. The second-order valence-electron chi connectivity index (χ2n) is 10.5. The molecule has 3 unspecified atom stereocenters. The molecule has 1 aliphatic heterocycles. The topological polar surface area (TPSA) is 64.7 Å². The first kappa shape index (κ1) is 25.4. The highest BCUT2D eigenvalue weighted by Gasteiger charge is 2.54. The van der Waals surface area contributed by atoms with E-state index < -0.39 is 28.8 Å². The molecule has 2 aromatic carbocycles. The summed E-state index contributed by atoms with van der Waals surface area (Å²) in [5, 5.41) is 0. The molecule has 1 amide bonds. The van der Waals surface area contributed by atoms with E-state index in [0.717, 1.165) is 30.0 Å². The molecule has 2 N–H and O–H groups in total. The van der Waals surface area contributed by atoms with Crippen molar-refractivity contribution in [1.82, 2.24) is 0 Å². The summed E-state index contributed by atoms with van der Waals surface area (Å²) in [5.74, 6) is -1.41. The first-order valence-electron chi connectivity index (χ1n) is 12.3. The summed E-state index contributed by atoms with van der Waals surface area (Å²) in [5.41, 5.74) is 7.35. The molecule has 0 bridgehead atoms. The molecule has 3 aliphatic rings. The van der Waals surface area contributed by atoms with Crippen LogP contribution in [-0.2, 0) is 17.5 Å². The van der Waals surface area contributed by atoms with Gasteiger partial charge in [-0.1, -0.05) is 42.8 Å². The van der Waals surface area contributed by atoms with Gasteiger partial charge < -0.3 is 10.5 Å². The highest BCUT2D eigenvalue weighted by Crippen LogP contribution is 2.58. The fourth-order valence-electron chi connectivity index (χ4n) is 5.96. The Morgan fingerprint density at radius 3 is 2.54 bits per heavy atom. The van der Waals surface area contributed by atoms with Crippen LogP contribution < -0.4 is 5.73 Å². The maximum atomic E-state index is 13.5. The number of nitrogens with zero attached hydrogens (tertiary/aromatic N) is 1. The van der Waals surface area contributed by atoms with Crippen LogP contribution in [0.5, 0.6) is 0 Å². The Kier molecular flexibility index (Phi) is 6.14. The van der Waals surface area contributed by atoms with Crippen LogP contribution in [0.2, 0.25) is 0 Å². The minimum absolute atomic E-state index is 0.0716. The molecule has 2 aromatic rings. The summed E-state index contributed by atoms with van der Waals surface area (Å²) in [6.45, 7) is 3.95. The Morgan fingerprint density at radius 1 is 1.14 bits per heavy atom. The standard InChI is InChI=1S/C29H28F4N2O2/c1-27-14-20-15-35-24(17-6-8-22(30)9-7-17)13-19(20)12-21(27)10-11-28(27,2)37-16-18-4-3-5-23(29(31,32)33)25(18)26(34)36/h3-9,12,15,24H,10-11,13-14,16H2,1-2H3,(H2,34,36). The van der Waals surface area contributed by atoms with Gasteiger partial charge in [0, 0.05) is 11.6 Å². The average molecular weight is 513 g/mol. The molecule has 0 aromatic heterocycles. The molecule has 0 radical (unpaired) electrons. The summed E-state index contributed by atoms with van der Waals surface area (Å²) in [6.07, 6.45) is 2.32. The first-order chi connectivity index (χ1) is 17.4. The number of aliphatic imine (C=N–C) groups is 1. The molecule has 4 nitrogen and oxygen atoms in total. The van der Waals surface area contributed by atoms with Gasteiger partial charge >= 0.3 is 6.18 Å². The van der Waals surface area contributed by atoms with Crippen molar-refractivity contribution in [2.75, 3.05) is 0 Å². The van der Waals surface area contributed by atoms with Gasteiger partial charge in [-0.2, -0.15) is 13.2 Å². The number of dihydropyridines is 1. The number of nitrogens with two attached hydrogens (primary N) is 1. The lowest BCUT2D eigenvalue weighted by Gasteiger charge is -2.45. The maximum absolute atomic E-state index is 13.5. The summed E-state index contributed by atoms with van der Waals surface area (Å²) in [4.78, 5) is 16.7. The predicted octanol–water partition coefficient (Wildman–Crippen LogP) is 6.86. The van der Waals surface area contributed by atoms with Crippen LogP contribution in [0.15, 0.2) is 70.3 Å². The number of hydrogen-bond donors (Lipinski definition) is 1. The molecule has 0 spiro atoms. The predicted molar refractivity (Wildman–Crippen MR) is 132 cm³/mol. The van der Waals surface area contributed by atoms with Crippen LogP contribution in [0.4, 0.5) is 17.6 Å². The number of benzene rings is 2. The van der Waals surface area contributed by atoms with Crippen LogP contribution in [0.3, 0.4) is 0 Å². The van der Waals surface area contributed by atoms with E-state index in [1.807, 2.05) is 13.1 Å². The maximum Gasteiger partial charge on any atom is 0.417 e. The lowest BCUT2D eigenvalue weighted by molar-refractivity contribution is -0.138. The van der Waals surface area contributed by atoms with E-state index in [4.69, 9.17) is 15.5 Å². The van der Waals surface area contributed by atoms with Crippen molar-refractivity contribution in [3.8, 4) is 0 Å². The summed E-state index contributed by atoms with van der Waals surface area (Å²) < 4.78 is 60.2. The van der Waals surface area contributed by atoms with Gasteiger partial charge in [0.2, 0.25) is 5.91 Å². The van der Waals surface area contributed by atoms with Crippen LogP contribution in [0, 0.1) is 11.2 Å². The lowest BCUT2D eigenvalue weighted by atomic mass is 9.66. The monoisotopic (exact) mass is 512 g/mol. The minimum atomic E-state index is -4.70. The van der Waals surface area contributed by atoms with Gasteiger partial charge in [-0.15, -0.1) is 0 Å². The zero-order valence-electron chi connectivity index (χ0n) is 20.7. The number of amides is 1. The Labute approximate surface area is 212 Å². The summed E-state index contributed by atoms with van der Waals surface area (Å²) >= 11 is 0. The highest BCUT2D eigenvalue weighted by molar-refractivity contribution is 5.96. The van der Waals surface area contributed by atoms with Crippen molar-refractivity contribution in [1.29, 1.82) is 0 Å². The second-order valence-corrected chi connectivity index (χ2v) is 10.5. The van der Waals surface area contributed by atoms with E-state index in [1.54, 1.807) is 12.1 Å². The third-order valence-corrected chi connectivity index (χ3v) is 8.38. The van der Waals surface area contributed by atoms with Gasteiger partial charge in [-0.05, 0) is 73.1 Å². The molecule has 5 rings (SSSR count).